The van der Waals surface area contributed by atoms with Gasteiger partial charge in [-0.05, 0) is 29.8 Å². The third-order valence-electron chi connectivity index (χ3n) is 2.32. The fraction of sp³-hybridized carbons (Fsp3) is 0.0769. The van der Waals surface area contributed by atoms with Crippen molar-refractivity contribution in [1.82, 2.24) is 4.98 Å². The van der Waals surface area contributed by atoms with Gasteiger partial charge in [0.05, 0.1) is 0 Å². The van der Waals surface area contributed by atoms with Crippen LogP contribution < -0.4 is 0 Å². The summed E-state index contributed by atoms with van der Waals surface area (Å²) in [6.45, 7) is 0. The summed E-state index contributed by atoms with van der Waals surface area (Å²) in [5.41, 5.74) is 0.659. The van der Waals surface area contributed by atoms with Crippen molar-refractivity contribution in [2.75, 3.05) is 0 Å². The number of hydrogen-bond donors (Lipinski definition) is 0. The second kappa shape index (κ2) is 5.06. The van der Waals surface area contributed by atoms with E-state index in [9.17, 15) is 9.18 Å². The first kappa shape index (κ1) is 11.7. The molecule has 2 nitrogen and oxygen atoms in total. The van der Waals surface area contributed by atoms with Crippen LogP contribution >= 0.6 is 11.6 Å². The van der Waals surface area contributed by atoms with Crippen LogP contribution in [0.4, 0.5) is 4.39 Å². The van der Waals surface area contributed by atoms with Gasteiger partial charge in [-0.3, -0.25) is 9.78 Å². The van der Waals surface area contributed by atoms with Crippen molar-refractivity contribution in [3.8, 4) is 0 Å². The third-order valence-corrected chi connectivity index (χ3v) is 2.55. The molecule has 0 amide bonds. The van der Waals surface area contributed by atoms with Crippen molar-refractivity contribution in [2.45, 2.75) is 6.42 Å². The molecule has 0 unspecified atom stereocenters. The number of carbonyl (C=O) groups excluding carboxylic acids is 1. The first-order valence-corrected chi connectivity index (χ1v) is 5.43. The lowest BCUT2D eigenvalue weighted by atomic mass is 10.1. The minimum absolute atomic E-state index is 0.0139. The summed E-state index contributed by atoms with van der Waals surface area (Å²) < 4.78 is 13.5. The molecule has 0 saturated carbocycles. The Morgan fingerprint density at radius 2 is 2.12 bits per heavy atom. The predicted molar refractivity (Wildman–Crippen MR) is 63.7 cm³/mol. The second-order valence-electron chi connectivity index (χ2n) is 3.55. The number of nitrogens with zero attached hydrogens (tertiary/aromatic N) is 1. The van der Waals surface area contributed by atoms with E-state index in [4.69, 9.17) is 11.6 Å². The molecule has 1 aromatic carbocycles. The van der Waals surface area contributed by atoms with Gasteiger partial charge in [0.1, 0.15) is 11.5 Å². The van der Waals surface area contributed by atoms with Gasteiger partial charge in [-0.1, -0.05) is 23.7 Å². The Balaban J connectivity index is 2.19. The molecule has 0 aliphatic carbocycles. The zero-order chi connectivity index (χ0) is 12.3. The summed E-state index contributed by atoms with van der Waals surface area (Å²) in [6.07, 6.45) is 1.52. The maximum absolute atomic E-state index is 13.5. The number of halogens is 2. The number of benzene rings is 1. The minimum atomic E-state index is -0.471. The molecule has 17 heavy (non-hydrogen) atoms. The number of Topliss-reactive ketones (excluding diaryl/α,β-unsaturated/α-hetero) is 1. The SMILES string of the molecule is O=C(Cc1ccc(Cl)cc1F)c1ccccn1. The fourth-order valence-electron chi connectivity index (χ4n) is 1.46. The van der Waals surface area contributed by atoms with E-state index in [0.717, 1.165) is 0 Å². The van der Waals surface area contributed by atoms with Crippen molar-refractivity contribution in [3.05, 3.63) is 64.7 Å². The largest absolute Gasteiger partial charge is 0.292 e. The highest BCUT2D eigenvalue weighted by molar-refractivity contribution is 6.30. The standard InChI is InChI=1S/C13H9ClFNO/c14-10-5-4-9(11(15)8-10)7-13(17)12-3-1-2-6-16-12/h1-6,8H,7H2. The van der Waals surface area contributed by atoms with Crippen LogP contribution in [0.2, 0.25) is 5.02 Å². The summed E-state index contributed by atoms with van der Waals surface area (Å²) in [5.74, 6) is -0.686. The van der Waals surface area contributed by atoms with E-state index in [-0.39, 0.29) is 12.2 Å². The van der Waals surface area contributed by atoms with E-state index in [2.05, 4.69) is 4.98 Å². The van der Waals surface area contributed by atoms with E-state index in [1.807, 2.05) is 0 Å². The van der Waals surface area contributed by atoms with Crippen LogP contribution in [0.15, 0.2) is 42.6 Å². The Bertz CT molecular complexity index is 542. The quantitative estimate of drug-likeness (QED) is 0.782. The minimum Gasteiger partial charge on any atom is -0.292 e. The summed E-state index contributed by atoms with van der Waals surface area (Å²) in [6, 6.07) is 9.32. The van der Waals surface area contributed by atoms with Gasteiger partial charge in [0.2, 0.25) is 0 Å². The van der Waals surface area contributed by atoms with Crippen molar-refractivity contribution in [1.29, 1.82) is 0 Å². The van der Waals surface area contributed by atoms with Crippen molar-refractivity contribution >= 4 is 17.4 Å². The van der Waals surface area contributed by atoms with Crippen LogP contribution in [0.3, 0.4) is 0 Å². The van der Waals surface area contributed by atoms with Crippen LogP contribution in [0.25, 0.3) is 0 Å². The number of hydrogen-bond acceptors (Lipinski definition) is 2. The van der Waals surface area contributed by atoms with Gasteiger partial charge < -0.3 is 0 Å². The van der Waals surface area contributed by atoms with Gasteiger partial charge in [0.15, 0.2) is 5.78 Å². The highest BCUT2D eigenvalue weighted by atomic mass is 35.5. The number of rotatable bonds is 3. The van der Waals surface area contributed by atoms with Crippen molar-refractivity contribution in [3.63, 3.8) is 0 Å². The highest BCUT2D eigenvalue weighted by Gasteiger charge is 2.11. The van der Waals surface area contributed by atoms with Gasteiger partial charge in [0.25, 0.3) is 0 Å². The predicted octanol–water partition coefficient (Wildman–Crippen LogP) is 3.30. The van der Waals surface area contributed by atoms with Crippen molar-refractivity contribution < 1.29 is 9.18 Å². The summed E-state index contributed by atoms with van der Waals surface area (Å²) >= 11 is 5.63. The number of carbonyl (C=O) groups is 1. The lowest BCUT2D eigenvalue weighted by Gasteiger charge is -2.02. The zero-order valence-corrected chi connectivity index (χ0v) is 9.62. The lowest BCUT2D eigenvalue weighted by molar-refractivity contribution is 0.0987. The zero-order valence-electron chi connectivity index (χ0n) is 8.86. The molecule has 1 heterocycles. The molecule has 0 N–H and O–H groups in total. The van der Waals surface area contributed by atoms with Gasteiger partial charge in [-0.2, -0.15) is 0 Å². The molecule has 0 aliphatic rings. The van der Waals surface area contributed by atoms with E-state index in [1.165, 1.54) is 18.3 Å². The summed E-state index contributed by atoms with van der Waals surface area (Å²) in [5, 5.41) is 0.316. The first-order chi connectivity index (χ1) is 8.16. The van der Waals surface area contributed by atoms with Gasteiger partial charge in [-0.25, -0.2) is 4.39 Å². The molecule has 0 saturated heterocycles. The topological polar surface area (TPSA) is 30.0 Å². The normalized spacial score (nSPS) is 10.2. The van der Waals surface area contributed by atoms with Crippen LogP contribution in [0, 0.1) is 5.82 Å². The average molecular weight is 250 g/mol. The average Bonchev–Trinajstić information content (AvgIpc) is 2.34. The fourth-order valence-corrected chi connectivity index (χ4v) is 1.62. The molecule has 0 atom stereocenters. The molecule has 2 aromatic rings. The maximum atomic E-state index is 13.5. The van der Waals surface area contributed by atoms with Gasteiger partial charge in [0, 0.05) is 17.6 Å². The molecule has 2 rings (SSSR count). The molecule has 1 aromatic heterocycles. The Morgan fingerprint density at radius 3 is 2.76 bits per heavy atom. The monoisotopic (exact) mass is 249 g/mol. The van der Waals surface area contributed by atoms with E-state index < -0.39 is 5.82 Å². The van der Waals surface area contributed by atoms with Crippen LogP contribution in [-0.2, 0) is 6.42 Å². The molecule has 0 spiro atoms. The molecular weight excluding hydrogens is 241 g/mol. The van der Waals surface area contributed by atoms with E-state index >= 15 is 0 Å². The highest BCUT2D eigenvalue weighted by Crippen LogP contribution is 2.16. The summed E-state index contributed by atoms with van der Waals surface area (Å²) in [4.78, 5) is 15.7. The number of aromatic nitrogens is 1. The molecule has 0 bridgehead atoms. The van der Waals surface area contributed by atoms with Crippen molar-refractivity contribution in [2.24, 2.45) is 0 Å². The lowest BCUT2D eigenvalue weighted by Crippen LogP contribution is -2.06. The van der Waals surface area contributed by atoms with Crippen LogP contribution in [-0.4, -0.2) is 10.8 Å². The number of ketones is 1. The van der Waals surface area contributed by atoms with E-state index in [1.54, 1.807) is 24.3 Å². The molecule has 0 radical (unpaired) electrons. The smallest absolute Gasteiger partial charge is 0.185 e. The van der Waals surface area contributed by atoms with Gasteiger partial charge >= 0.3 is 0 Å². The molecule has 4 heteroatoms. The maximum Gasteiger partial charge on any atom is 0.185 e. The van der Waals surface area contributed by atoms with E-state index in [0.29, 0.717) is 16.3 Å². The Hall–Kier alpha value is -1.74. The van der Waals surface area contributed by atoms with Crippen LogP contribution in [0.5, 0.6) is 0 Å². The molecule has 0 aliphatic heterocycles. The first-order valence-electron chi connectivity index (χ1n) is 5.05. The molecule has 86 valence electrons. The van der Waals surface area contributed by atoms with Gasteiger partial charge in [-0.15, -0.1) is 0 Å². The Kier molecular flexibility index (Phi) is 3.49. The number of pyridine rings is 1. The Morgan fingerprint density at radius 1 is 1.29 bits per heavy atom. The van der Waals surface area contributed by atoms with Crippen LogP contribution in [0.1, 0.15) is 16.1 Å². The molecule has 0 fully saturated rings. The molecular formula is C13H9ClFNO. The Labute approximate surface area is 103 Å². The second-order valence-corrected chi connectivity index (χ2v) is 3.99. The third kappa shape index (κ3) is 2.88. The summed E-state index contributed by atoms with van der Waals surface area (Å²) in [7, 11) is 0.